The number of amides is 1. The molecule has 0 atom stereocenters. The van der Waals surface area contributed by atoms with Crippen molar-refractivity contribution in [1.82, 2.24) is 9.88 Å². The molecule has 8 heteroatoms. The summed E-state index contributed by atoms with van der Waals surface area (Å²) in [7, 11) is 1.47. The number of carbonyl (C=O) groups excluding carboxylic acids is 1. The normalized spacial score (nSPS) is 14.4. The molecule has 4 rings (SSSR count). The predicted octanol–water partition coefficient (Wildman–Crippen LogP) is 5.10. The van der Waals surface area contributed by atoms with Crippen molar-refractivity contribution in [2.45, 2.75) is 26.4 Å². The van der Waals surface area contributed by atoms with E-state index >= 15 is 0 Å². The van der Waals surface area contributed by atoms with E-state index in [2.05, 4.69) is 15.1 Å². The number of pyridine rings is 1. The zero-order valence-electron chi connectivity index (χ0n) is 18.9. The van der Waals surface area contributed by atoms with E-state index < -0.39 is 12.3 Å². The minimum atomic E-state index is -2.09. The molecule has 0 radical (unpaired) electrons. The van der Waals surface area contributed by atoms with Gasteiger partial charge in [0.25, 0.3) is 0 Å². The molecule has 1 aliphatic rings. The first kappa shape index (κ1) is 18.4. The SMILES string of the molecule is [2H]C([2H])(Nc1c2c(nc3cc(F)c([N+]#[C-])cc13)CCN(C(C)=O)C2)c1ccc(OC)c(Cl)c1. The lowest BCUT2D eigenvalue weighted by molar-refractivity contribution is -0.129. The third-order valence-electron chi connectivity index (χ3n) is 5.26. The Morgan fingerprint density at radius 2 is 2.26 bits per heavy atom. The quantitative estimate of drug-likeness (QED) is 0.573. The van der Waals surface area contributed by atoms with Crippen molar-refractivity contribution in [3.8, 4) is 5.75 Å². The Hall–Kier alpha value is -3.37. The van der Waals surface area contributed by atoms with Crippen LogP contribution in [-0.2, 0) is 24.3 Å². The molecule has 0 unspecified atom stereocenters. The summed E-state index contributed by atoms with van der Waals surface area (Å²) in [5.41, 5.74) is 2.01. The minimum absolute atomic E-state index is 0.113. The van der Waals surface area contributed by atoms with Gasteiger partial charge >= 0.3 is 0 Å². The highest BCUT2D eigenvalue weighted by molar-refractivity contribution is 6.32. The summed E-state index contributed by atoms with van der Waals surface area (Å²) in [6.45, 7) is 7.33. The second kappa shape index (κ2) is 8.40. The molecule has 0 bridgehead atoms. The van der Waals surface area contributed by atoms with Crippen molar-refractivity contribution in [2.24, 2.45) is 0 Å². The Labute approximate surface area is 187 Å². The van der Waals surface area contributed by atoms with E-state index in [0.29, 0.717) is 46.6 Å². The van der Waals surface area contributed by atoms with E-state index in [1.54, 1.807) is 17.0 Å². The van der Waals surface area contributed by atoms with Crippen molar-refractivity contribution in [1.29, 1.82) is 0 Å². The van der Waals surface area contributed by atoms with Crippen molar-refractivity contribution in [3.63, 3.8) is 0 Å². The second-order valence-electron chi connectivity index (χ2n) is 7.13. The molecular formula is C23H20ClFN4O2. The summed E-state index contributed by atoms with van der Waals surface area (Å²) >= 11 is 6.21. The summed E-state index contributed by atoms with van der Waals surface area (Å²) < 4.78 is 36.9. The van der Waals surface area contributed by atoms with Crippen LogP contribution in [0.5, 0.6) is 5.75 Å². The average Bonchev–Trinajstić information content (AvgIpc) is 2.78. The van der Waals surface area contributed by atoms with Crippen molar-refractivity contribution < 1.29 is 16.7 Å². The minimum Gasteiger partial charge on any atom is -0.495 e. The number of fused-ring (bicyclic) bond motifs is 2. The van der Waals surface area contributed by atoms with Crippen LogP contribution in [0, 0.1) is 12.4 Å². The van der Waals surface area contributed by atoms with Crippen LogP contribution in [0.1, 0.15) is 26.5 Å². The lowest BCUT2D eigenvalue weighted by Crippen LogP contribution is -2.35. The molecule has 1 aliphatic heterocycles. The summed E-state index contributed by atoms with van der Waals surface area (Å²) in [5.74, 6) is -0.392. The Kier molecular flexibility index (Phi) is 4.99. The van der Waals surface area contributed by atoms with E-state index in [1.165, 1.54) is 32.2 Å². The Balaban J connectivity index is 1.90. The molecule has 0 saturated heterocycles. The van der Waals surface area contributed by atoms with Gasteiger partial charge in [0.15, 0.2) is 0 Å². The van der Waals surface area contributed by atoms with Crippen LogP contribution in [0.15, 0.2) is 30.3 Å². The number of rotatable bonds is 4. The van der Waals surface area contributed by atoms with Gasteiger partial charge in [-0.3, -0.25) is 9.78 Å². The van der Waals surface area contributed by atoms with Crippen LogP contribution in [0.4, 0.5) is 15.8 Å². The first-order chi connectivity index (χ1) is 15.6. The molecule has 1 amide bonds. The van der Waals surface area contributed by atoms with Crippen LogP contribution < -0.4 is 10.1 Å². The summed E-state index contributed by atoms with van der Waals surface area (Å²) in [4.78, 5) is 21.5. The number of nitrogens with one attached hydrogen (secondary N) is 1. The van der Waals surface area contributed by atoms with Crippen LogP contribution in [0.3, 0.4) is 0 Å². The Bertz CT molecular complexity index is 1330. The molecule has 158 valence electrons. The first-order valence-corrected chi connectivity index (χ1v) is 9.92. The van der Waals surface area contributed by atoms with Crippen LogP contribution >= 0.6 is 11.6 Å². The monoisotopic (exact) mass is 440 g/mol. The fourth-order valence-corrected chi connectivity index (χ4v) is 3.89. The highest BCUT2D eigenvalue weighted by Crippen LogP contribution is 2.36. The molecule has 0 aliphatic carbocycles. The molecule has 2 heterocycles. The number of hydrogen-bond donors (Lipinski definition) is 1. The third kappa shape index (κ3) is 3.99. The van der Waals surface area contributed by atoms with Gasteiger partial charge in [-0.25, -0.2) is 9.24 Å². The van der Waals surface area contributed by atoms with Gasteiger partial charge in [0.2, 0.25) is 11.6 Å². The molecule has 0 spiro atoms. The second-order valence-corrected chi connectivity index (χ2v) is 7.54. The molecular weight excluding hydrogens is 419 g/mol. The number of nitrogens with zero attached hydrogens (tertiary/aromatic N) is 3. The number of halogens is 2. The fourth-order valence-electron chi connectivity index (χ4n) is 3.63. The topological polar surface area (TPSA) is 58.8 Å². The standard InChI is InChI=1S/C23H20ClFN4O2/c1-13(30)29-7-6-19-16(12-29)23(15-9-21(26-2)18(25)10-20(15)28-19)27-11-14-4-5-22(31-3)17(24)8-14/h4-5,8-10H,6-7,11-12H2,1,3H3,(H,27,28)/i11D2. The third-order valence-corrected chi connectivity index (χ3v) is 5.55. The molecule has 1 aromatic heterocycles. The first-order valence-electron chi connectivity index (χ1n) is 10.5. The molecule has 2 aromatic carbocycles. The molecule has 6 nitrogen and oxygen atoms in total. The lowest BCUT2D eigenvalue weighted by Gasteiger charge is -2.30. The van der Waals surface area contributed by atoms with Gasteiger partial charge < -0.3 is 15.0 Å². The van der Waals surface area contributed by atoms with Gasteiger partial charge in [-0.15, -0.1) is 0 Å². The largest absolute Gasteiger partial charge is 0.495 e. The molecule has 0 fully saturated rings. The van der Waals surface area contributed by atoms with Gasteiger partial charge in [0.05, 0.1) is 27.0 Å². The maximum absolute atomic E-state index is 14.3. The van der Waals surface area contributed by atoms with Gasteiger partial charge in [-0.1, -0.05) is 17.7 Å². The van der Waals surface area contributed by atoms with E-state index in [1.807, 2.05) is 0 Å². The van der Waals surface area contributed by atoms with Crippen LogP contribution in [-0.4, -0.2) is 29.4 Å². The maximum atomic E-state index is 14.3. The Morgan fingerprint density at radius 1 is 1.45 bits per heavy atom. The fraction of sp³-hybridized carbons (Fsp3) is 0.261. The van der Waals surface area contributed by atoms with E-state index in [4.69, 9.17) is 25.7 Å². The zero-order chi connectivity index (χ0) is 23.9. The van der Waals surface area contributed by atoms with Gasteiger partial charge in [0, 0.05) is 55.3 Å². The zero-order valence-corrected chi connectivity index (χ0v) is 17.7. The Morgan fingerprint density at radius 3 is 2.94 bits per heavy atom. The number of aromatic nitrogens is 1. The van der Waals surface area contributed by atoms with Crippen LogP contribution in [0.2, 0.25) is 5.02 Å². The van der Waals surface area contributed by atoms with E-state index in [-0.39, 0.29) is 28.7 Å². The molecule has 31 heavy (non-hydrogen) atoms. The van der Waals surface area contributed by atoms with Crippen molar-refractivity contribution >= 4 is 39.8 Å². The lowest BCUT2D eigenvalue weighted by atomic mass is 9.99. The van der Waals surface area contributed by atoms with Gasteiger partial charge in [0.1, 0.15) is 11.6 Å². The van der Waals surface area contributed by atoms with E-state index in [9.17, 15) is 9.18 Å². The molecule has 0 saturated carbocycles. The highest BCUT2D eigenvalue weighted by atomic mass is 35.5. The molecule has 1 N–H and O–H groups in total. The number of anilines is 1. The smallest absolute Gasteiger partial charge is 0.222 e. The predicted molar refractivity (Wildman–Crippen MR) is 118 cm³/mol. The number of carbonyl (C=O) groups is 1. The van der Waals surface area contributed by atoms with Crippen molar-refractivity contribution in [3.05, 3.63) is 69.4 Å². The summed E-state index contributed by atoms with van der Waals surface area (Å²) in [5, 5.41) is 3.58. The summed E-state index contributed by atoms with van der Waals surface area (Å²) in [6, 6.07) is 7.14. The number of hydrogen-bond acceptors (Lipinski definition) is 4. The highest BCUT2D eigenvalue weighted by Gasteiger charge is 2.24. The van der Waals surface area contributed by atoms with Gasteiger partial charge in [-0.05, 0) is 29.8 Å². The van der Waals surface area contributed by atoms with Gasteiger partial charge in [-0.2, -0.15) is 0 Å². The number of benzene rings is 2. The van der Waals surface area contributed by atoms with Crippen molar-refractivity contribution in [2.75, 3.05) is 19.0 Å². The summed E-state index contributed by atoms with van der Waals surface area (Å²) in [6.07, 6.45) is 0.448. The maximum Gasteiger partial charge on any atom is 0.222 e. The number of methoxy groups -OCH3 is 1. The number of ether oxygens (including phenoxy) is 1. The van der Waals surface area contributed by atoms with Crippen LogP contribution in [0.25, 0.3) is 15.7 Å². The van der Waals surface area contributed by atoms with E-state index in [0.717, 1.165) is 0 Å². The average molecular weight is 441 g/mol. The molecule has 3 aromatic rings.